The summed E-state index contributed by atoms with van der Waals surface area (Å²) in [5, 5.41) is 12.5. The van der Waals surface area contributed by atoms with Gasteiger partial charge in [-0.1, -0.05) is 37.3 Å². The Morgan fingerprint density at radius 3 is 2.48 bits per heavy atom. The van der Waals surface area contributed by atoms with Gasteiger partial charge in [-0.2, -0.15) is 0 Å². The van der Waals surface area contributed by atoms with Gasteiger partial charge in [-0.05, 0) is 17.7 Å². The van der Waals surface area contributed by atoms with Crippen molar-refractivity contribution in [2.75, 3.05) is 13.2 Å². The van der Waals surface area contributed by atoms with Gasteiger partial charge < -0.3 is 20.9 Å². The van der Waals surface area contributed by atoms with Gasteiger partial charge in [0.05, 0.1) is 5.92 Å². The van der Waals surface area contributed by atoms with Crippen molar-refractivity contribution in [2.45, 2.75) is 19.1 Å². The molecule has 0 heterocycles. The summed E-state index contributed by atoms with van der Waals surface area (Å²) in [6.07, 6.45) is -1.01. The van der Waals surface area contributed by atoms with Gasteiger partial charge in [0.25, 0.3) is 0 Å². The van der Waals surface area contributed by atoms with Crippen LogP contribution in [0.1, 0.15) is 18.5 Å². The van der Waals surface area contributed by atoms with Crippen molar-refractivity contribution >= 4 is 18.3 Å². The average molecular weight is 401 g/mol. The third-order valence-electron chi connectivity index (χ3n) is 3.98. The number of benzene rings is 2. The maximum atomic E-state index is 13.1. The smallest absolute Gasteiger partial charge is 0.224 e. The first-order valence-corrected chi connectivity index (χ1v) is 8.22. The van der Waals surface area contributed by atoms with E-state index >= 15 is 0 Å². The Morgan fingerprint density at radius 1 is 1.19 bits per heavy atom. The zero-order chi connectivity index (χ0) is 19.1. The van der Waals surface area contributed by atoms with Crippen LogP contribution in [0.25, 0.3) is 0 Å². The van der Waals surface area contributed by atoms with E-state index in [0.29, 0.717) is 0 Å². The first kappa shape index (κ1) is 22.8. The van der Waals surface area contributed by atoms with Gasteiger partial charge in [-0.3, -0.25) is 4.79 Å². The van der Waals surface area contributed by atoms with E-state index in [1.165, 1.54) is 6.07 Å². The number of hydrogen-bond donors (Lipinski definition) is 3. The number of carbonyl (C=O) groups excluding carboxylic acids is 1. The van der Waals surface area contributed by atoms with Gasteiger partial charge in [-0.25, -0.2) is 8.78 Å². The number of amides is 1. The summed E-state index contributed by atoms with van der Waals surface area (Å²) in [7, 11) is 0. The molecule has 4 N–H and O–H groups in total. The molecule has 2 aromatic carbocycles. The lowest BCUT2D eigenvalue weighted by Crippen LogP contribution is -2.40. The van der Waals surface area contributed by atoms with Gasteiger partial charge in [0.1, 0.15) is 18.5 Å². The van der Waals surface area contributed by atoms with E-state index < -0.39 is 29.7 Å². The monoisotopic (exact) mass is 400 g/mol. The zero-order valence-electron chi connectivity index (χ0n) is 14.8. The Labute approximate surface area is 162 Å². The largest absolute Gasteiger partial charge is 0.491 e. The standard InChI is InChI=1S/C19H22F2N2O3.ClH/c1-12(18(22)13-5-3-2-4-6-13)19(25)23-10-14(24)11-26-15-7-8-16(20)17(21)9-15;/h2-9,12,14,18,24H,10-11,22H2,1H3,(H,23,25);1H. The summed E-state index contributed by atoms with van der Waals surface area (Å²) < 4.78 is 31.1. The molecule has 0 radical (unpaired) electrons. The molecule has 0 spiro atoms. The zero-order valence-corrected chi connectivity index (χ0v) is 15.6. The van der Waals surface area contributed by atoms with Crippen molar-refractivity contribution < 1.29 is 23.4 Å². The van der Waals surface area contributed by atoms with Crippen molar-refractivity contribution in [1.29, 1.82) is 0 Å². The molecule has 8 heteroatoms. The molecule has 5 nitrogen and oxygen atoms in total. The maximum absolute atomic E-state index is 13.1. The van der Waals surface area contributed by atoms with Crippen LogP contribution in [0, 0.1) is 17.6 Å². The fourth-order valence-electron chi connectivity index (χ4n) is 2.32. The Morgan fingerprint density at radius 2 is 1.85 bits per heavy atom. The van der Waals surface area contributed by atoms with Crippen molar-refractivity contribution in [3.63, 3.8) is 0 Å². The molecule has 148 valence electrons. The van der Waals surface area contributed by atoms with Crippen molar-refractivity contribution in [3.8, 4) is 5.75 Å². The summed E-state index contributed by atoms with van der Waals surface area (Å²) in [6, 6.07) is 11.9. The molecule has 0 saturated carbocycles. The number of halogens is 3. The molecule has 0 aliphatic heterocycles. The molecule has 0 saturated heterocycles. The fraction of sp³-hybridized carbons (Fsp3) is 0.316. The number of rotatable bonds is 8. The predicted octanol–water partition coefficient (Wildman–Crippen LogP) is 2.58. The minimum atomic E-state index is -1.03. The van der Waals surface area contributed by atoms with Crippen LogP contribution in [0.2, 0.25) is 0 Å². The van der Waals surface area contributed by atoms with Gasteiger partial charge in [0.15, 0.2) is 11.6 Å². The minimum Gasteiger partial charge on any atom is -0.491 e. The van der Waals surface area contributed by atoms with Crippen LogP contribution in [-0.4, -0.2) is 30.3 Å². The van der Waals surface area contributed by atoms with Gasteiger partial charge in [0, 0.05) is 18.7 Å². The van der Waals surface area contributed by atoms with E-state index in [9.17, 15) is 18.7 Å². The number of hydrogen-bond acceptors (Lipinski definition) is 4. The highest BCUT2D eigenvalue weighted by atomic mass is 35.5. The highest BCUT2D eigenvalue weighted by Gasteiger charge is 2.22. The van der Waals surface area contributed by atoms with Crippen molar-refractivity contribution in [1.82, 2.24) is 5.32 Å². The van der Waals surface area contributed by atoms with Gasteiger partial charge in [-0.15, -0.1) is 12.4 Å². The maximum Gasteiger partial charge on any atom is 0.224 e. The molecule has 27 heavy (non-hydrogen) atoms. The highest BCUT2D eigenvalue weighted by molar-refractivity contribution is 5.85. The quantitative estimate of drug-likeness (QED) is 0.636. The minimum absolute atomic E-state index is 0. The first-order chi connectivity index (χ1) is 12.4. The predicted molar refractivity (Wildman–Crippen MR) is 101 cm³/mol. The topological polar surface area (TPSA) is 84.6 Å². The van der Waals surface area contributed by atoms with E-state index in [1.54, 1.807) is 6.92 Å². The second-order valence-corrected chi connectivity index (χ2v) is 6.01. The summed E-state index contributed by atoms with van der Waals surface area (Å²) in [4.78, 5) is 12.2. The molecule has 2 rings (SSSR count). The average Bonchev–Trinajstić information content (AvgIpc) is 2.66. The third-order valence-corrected chi connectivity index (χ3v) is 3.98. The molecule has 0 bridgehead atoms. The second kappa shape index (κ2) is 10.8. The van der Waals surface area contributed by atoms with Crippen LogP contribution < -0.4 is 15.8 Å². The second-order valence-electron chi connectivity index (χ2n) is 6.01. The lowest BCUT2D eigenvalue weighted by Gasteiger charge is -2.21. The van der Waals surface area contributed by atoms with Crippen LogP contribution in [0.15, 0.2) is 48.5 Å². The lowest BCUT2D eigenvalue weighted by molar-refractivity contribution is -0.125. The molecule has 3 atom stereocenters. The number of ether oxygens (including phenoxy) is 1. The Bertz CT molecular complexity index is 734. The molecule has 0 aliphatic carbocycles. The van der Waals surface area contributed by atoms with Crippen molar-refractivity contribution in [3.05, 3.63) is 65.7 Å². The Balaban J connectivity index is 0.00000364. The molecule has 2 aromatic rings. The van der Waals surface area contributed by atoms with Gasteiger partial charge >= 0.3 is 0 Å². The van der Waals surface area contributed by atoms with Crippen LogP contribution in [-0.2, 0) is 4.79 Å². The third kappa shape index (κ3) is 6.78. The number of nitrogens with two attached hydrogens (primary N) is 1. The van der Waals surface area contributed by atoms with Crippen LogP contribution in [0.3, 0.4) is 0 Å². The van der Waals surface area contributed by atoms with E-state index in [-0.39, 0.29) is 37.2 Å². The Kier molecular flexibility index (Phi) is 9.14. The molecule has 3 unspecified atom stereocenters. The SMILES string of the molecule is CC(C(=O)NCC(O)COc1ccc(F)c(F)c1)C(N)c1ccccc1.Cl. The normalized spacial score (nSPS) is 13.8. The molecule has 1 amide bonds. The highest BCUT2D eigenvalue weighted by Crippen LogP contribution is 2.19. The molecule has 0 aromatic heterocycles. The van der Waals surface area contributed by atoms with E-state index in [0.717, 1.165) is 17.7 Å². The van der Waals surface area contributed by atoms with E-state index in [1.807, 2.05) is 30.3 Å². The summed E-state index contributed by atoms with van der Waals surface area (Å²) in [5.41, 5.74) is 6.94. The van der Waals surface area contributed by atoms with Crippen molar-refractivity contribution in [2.24, 2.45) is 11.7 Å². The van der Waals surface area contributed by atoms with E-state index in [4.69, 9.17) is 10.5 Å². The molecular formula is C19H23ClF2N2O3. The van der Waals surface area contributed by atoms with Crippen LogP contribution in [0.4, 0.5) is 8.78 Å². The summed E-state index contributed by atoms with van der Waals surface area (Å²) >= 11 is 0. The van der Waals surface area contributed by atoms with E-state index in [2.05, 4.69) is 5.32 Å². The number of carbonyl (C=O) groups is 1. The number of aliphatic hydroxyl groups excluding tert-OH is 1. The van der Waals surface area contributed by atoms with Crippen LogP contribution in [0.5, 0.6) is 5.75 Å². The summed E-state index contributed by atoms with van der Waals surface area (Å²) in [6.45, 7) is 1.48. The summed E-state index contributed by atoms with van der Waals surface area (Å²) in [5.74, 6) is -2.71. The Hall–Kier alpha value is -2.22. The number of aliphatic hydroxyl groups is 1. The molecule has 0 aliphatic rings. The van der Waals surface area contributed by atoms with Crippen LogP contribution >= 0.6 is 12.4 Å². The first-order valence-electron chi connectivity index (χ1n) is 8.22. The molecule has 0 fully saturated rings. The fourth-order valence-corrected chi connectivity index (χ4v) is 2.32. The van der Waals surface area contributed by atoms with Gasteiger partial charge in [0.2, 0.25) is 5.91 Å². The number of nitrogens with one attached hydrogen (secondary N) is 1. The lowest BCUT2D eigenvalue weighted by atomic mass is 9.94. The molecular weight excluding hydrogens is 378 g/mol.